The van der Waals surface area contributed by atoms with Gasteiger partial charge >= 0.3 is 0 Å². The fraction of sp³-hybridized carbons (Fsp3) is 0.312. The lowest BCUT2D eigenvalue weighted by Gasteiger charge is -2.24. The maximum Gasteiger partial charge on any atom is 0.176 e. The van der Waals surface area contributed by atoms with Crippen molar-refractivity contribution >= 4 is 28.2 Å². The number of nitrogens with zero attached hydrogens (tertiary/aromatic N) is 1. The van der Waals surface area contributed by atoms with E-state index in [2.05, 4.69) is 45.7 Å². The Hall–Kier alpha value is -3.78. The van der Waals surface area contributed by atoms with Gasteiger partial charge in [-0.25, -0.2) is 0 Å². The van der Waals surface area contributed by atoms with Crippen LogP contribution in [0.15, 0.2) is 72.8 Å². The molecule has 39 heavy (non-hydrogen) atoms. The predicted octanol–water partition coefficient (Wildman–Crippen LogP) is 4.94. The largest absolute Gasteiger partial charge is 0.358 e. The predicted molar refractivity (Wildman–Crippen MR) is 159 cm³/mol. The number of rotatable bonds is 4. The van der Waals surface area contributed by atoms with Gasteiger partial charge in [-0.1, -0.05) is 54.6 Å². The van der Waals surface area contributed by atoms with E-state index in [9.17, 15) is 9.59 Å². The fourth-order valence-corrected chi connectivity index (χ4v) is 4.88. The number of hydrazine groups is 1. The van der Waals surface area contributed by atoms with Gasteiger partial charge in [-0.15, -0.1) is 0 Å². The number of nitrogen functional groups attached to an aromatic ring is 1. The number of carbonyl (C=O) groups is 2. The second kappa shape index (κ2) is 13.8. The molecule has 6 rings (SSSR count). The third kappa shape index (κ3) is 8.10. The van der Waals surface area contributed by atoms with Crippen molar-refractivity contribution in [1.82, 2.24) is 15.2 Å². The number of hydrogen-bond acceptors (Lipinski definition) is 6. The monoisotopic (exact) mass is 525 g/mol. The van der Waals surface area contributed by atoms with Crippen LogP contribution in [0.25, 0.3) is 10.9 Å². The van der Waals surface area contributed by atoms with Crippen molar-refractivity contribution in [3.05, 3.63) is 101 Å². The summed E-state index contributed by atoms with van der Waals surface area (Å²) in [7, 11) is 0. The minimum atomic E-state index is 0.134. The quantitative estimate of drug-likeness (QED) is 0.171. The highest BCUT2D eigenvalue weighted by Gasteiger charge is 2.18. The number of anilines is 1. The molecule has 2 aliphatic rings. The highest BCUT2D eigenvalue weighted by Crippen LogP contribution is 2.25. The van der Waals surface area contributed by atoms with Crippen molar-refractivity contribution in [1.29, 1.82) is 0 Å². The Labute approximate surface area is 230 Å². The van der Waals surface area contributed by atoms with Crippen LogP contribution in [0.3, 0.4) is 0 Å². The van der Waals surface area contributed by atoms with Gasteiger partial charge in [0.1, 0.15) is 5.78 Å². The molecule has 7 nitrogen and oxygen atoms in total. The number of ketones is 2. The van der Waals surface area contributed by atoms with E-state index in [0.717, 1.165) is 43.9 Å². The molecule has 0 atom stereocenters. The summed E-state index contributed by atoms with van der Waals surface area (Å²) in [5, 5.41) is 4.80. The van der Waals surface area contributed by atoms with E-state index in [0.29, 0.717) is 25.2 Å². The van der Waals surface area contributed by atoms with Crippen molar-refractivity contribution in [2.45, 2.75) is 39.7 Å². The van der Waals surface area contributed by atoms with Crippen molar-refractivity contribution in [2.24, 2.45) is 5.84 Å². The number of fused-ring (bicyclic) bond motifs is 3. The number of H-pyrrole nitrogens is 1. The number of aromatic nitrogens is 1. The van der Waals surface area contributed by atoms with Gasteiger partial charge in [0.05, 0.1) is 6.54 Å². The first-order valence-electron chi connectivity index (χ1n) is 13.6. The number of aromatic amines is 1. The number of likely N-dealkylation sites (tertiary alicyclic amines) is 1. The van der Waals surface area contributed by atoms with Crippen LogP contribution in [0.1, 0.15) is 45.6 Å². The third-order valence-corrected chi connectivity index (χ3v) is 7.07. The molecule has 1 aromatic heterocycles. The van der Waals surface area contributed by atoms with Gasteiger partial charge in [-0.3, -0.25) is 20.3 Å². The van der Waals surface area contributed by atoms with Crippen LogP contribution in [0.5, 0.6) is 0 Å². The number of aryl methyl sites for hydroxylation is 2. The lowest BCUT2D eigenvalue weighted by molar-refractivity contribution is -0.121. The molecule has 4 aromatic rings. The molecule has 204 valence electrons. The number of carbonyl (C=O) groups excluding carboxylic acids is 2. The number of piperidine rings is 1. The summed E-state index contributed by atoms with van der Waals surface area (Å²) < 4.78 is 0. The third-order valence-electron chi connectivity index (χ3n) is 7.07. The summed E-state index contributed by atoms with van der Waals surface area (Å²) in [6.45, 7) is 8.14. The molecule has 0 radical (unpaired) electrons. The van der Waals surface area contributed by atoms with Crippen LogP contribution in [-0.2, 0) is 17.8 Å². The Kier molecular flexibility index (Phi) is 10.0. The molecule has 0 saturated carbocycles. The van der Waals surface area contributed by atoms with Crippen LogP contribution in [0.4, 0.5) is 5.69 Å². The van der Waals surface area contributed by atoms with Gasteiger partial charge in [-0.05, 0) is 48.7 Å². The average molecular weight is 526 g/mol. The Bertz CT molecular complexity index is 1390. The molecule has 0 aliphatic carbocycles. The fourth-order valence-electron chi connectivity index (χ4n) is 4.88. The summed E-state index contributed by atoms with van der Waals surface area (Å²) in [5.41, 5.74) is 11.0. The number of nitrogens with one attached hydrogen (secondary N) is 3. The second-order valence-electron chi connectivity index (χ2n) is 10.2. The lowest BCUT2D eigenvalue weighted by Crippen LogP contribution is -2.37. The normalized spacial score (nSPS) is 14.9. The molecule has 3 aromatic carbocycles. The summed E-state index contributed by atoms with van der Waals surface area (Å²) in [6.07, 6.45) is 2.30. The van der Waals surface area contributed by atoms with Crippen LogP contribution in [0, 0.1) is 13.8 Å². The summed E-state index contributed by atoms with van der Waals surface area (Å²) in [4.78, 5) is 28.5. The molecule has 0 amide bonds. The van der Waals surface area contributed by atoms with Crippen molar-refractivity contribution < 1.29 is 9.59 Å². The average Bonchev–Trinajstić information content (AvgIpc) is 3.33. The Morgan fingerprint density at radius 1 is 0.923 bits per heavy atom. The summed E-state index contributed by atoms with van der Waals surface area (Å²) in [5.74, 6) is 5.61. The number of hydrogen-bond donors (Lipinski definition) is 4. The molecule has 0 spiro atoms. The molecule has 7 heteroatoms. The van der Waals surface area contributed by atoms with Gasteiger partial charge in [0.25, 0.3) is 0 Å². The molecule has 0 bridgehead atoms. The van der Waals surface area contributed by atoms with Gasteiger partial charge in [0.2, 0.25) is 0 Å². The van der Waals surface area contributed by atoms with Gasteiger partial charge < -0.3 is 15.7 Å². The lowest BCUT2D eigenvalue weighted by atomic mass is 10.1. The summed E-state index contributed by atoms with van der Waals surface area (Å²) in [6, 6.07) is 23.8. The SMILES string of the molecule is Cc1ccc2c3c([nH]c2c1)CCNC3.Cc1cccc(NN)c1.O=C1CCN(CC(=O)c2ccccc2)CC1. The zero-order chi connectivity index (χ0) is 27.6. The van der Waals surface area contributed by atoms with E-state index < -0.39 is 0 Å². The standard InChI is InChI=1S/C13H15NO2.C12H14N2.C7H10N2/c15-12-6-8-14(9-7-12)10-13(16)11-4-2-1-3-5-11;1-8-2-3-9-10-7-13-5-4-11(10)14-12(9)6-8;1-6-3-2-4-7(5-6)9-8/h1-5H,6-10H2;2-3,6,13-14H,4-5,7H2,1H3;2-5,9H,8H2,1H3. The second-order valence-corrected chi connectivity index (χ2v) is 10.2. The summed E-state index contributed by atoms with van der Waals surface area (Å²) >= 11 is 0. The van der Waals surface area contributed by atoms with E-state index in [1.165, 1.54) is 33.3 Å². The van der Waals surface area contributed by atoms with Crippen LogP contribution in [-0.4, -0.2) is 47.6 Å². The maximum atomic E-state index is 11.9. The van der Waals surface area contributed by atoms with Crippen LogP contribution >= 0.6 is 0 Å². The van der Waals surface area contributed by atoms with E-state index in [4.69, 9.17) is 5.84 Å². The topological polar surface area (TPSA) is 103 Å². The van der Waals surface area contributed by atoms with E-state index >= 15 is 0 Å². The highest BCUT2D eigenvalue weighted by atomic mass is 16.1. The Morgan fingerprint density at radius 3 is 2.36 bits per heavy atom. The molecule has 1 saturated heterocycles. The number of benzene rings is 3. The smallest absolute Gasteiger partial charge is 0.176 e. The molecule has 5 N–H and O–H groups in total. The first kappa shape index (κ1) is 28.2. The minimum Gasteiger partial charge on any atom is -0.358 e. The molecular formula is C32H39N5O2. The maximum absolute atomic E-state index is 11.9. The Balaban J connectivity index is 0.000000141. The molecule has 1 fully saturated rings. The molecule has 3 heterocycles. The van der Waals surface area contributed by atoms with E-state index in [1.807, 2.05) is 61.5 Å². The molecule has 0 unspecified atom stereocenters. The Morgan fingerprint density at radius 2 is 1.67 bits per heavy atom. The van der Waals surface area contributed by atoms with Gasteiger partial charge in [-0.2, -0.15) is 0 Å². The number of Topliss-reactive ketones (excluding diaryl/α,β-unsaturated/α-hetero) is 2. The first-order chi connectivity index (χ1) is 18.9. The van der Waals surface area contributed by atoms with Gasteiger partial charge in [0, 0.05) is 73.3 Å². The number of nitrogens with two attached hydrogens (primary N) is 1. The van der Waals surface area contributed by atoms with Crippen molar-refractivity contribution in [3.8, 4) is 0 Å². The van der Waals surface area contributed by atoms with E-state index in [-0.39, 0.29) is 5.78 Å². The zero-order valence-corrected chi connectivity index (χ0v) is 22.9. The molecular weight excluding hydrogens is 486 g/mol. The van der Waals surface area contributed by atoms with Crippen LogP contribution in [0.2, 0.25) is 0 Å². The van der Waals surface area contributed by atoms with Gasteiger partial charge in [0.15, 0.2) is 5.78 Å². The highest BCUT2D eigenvalue weighted by molar-refractivity contribution is 5.97. The van der Waals surface area contributed by atoms with Crippen molar-refractivity contribution in [3.63, 3.8) is 0 Å². The van der Waals surface area contributed by atoms with Crippen molar-refractivity contribution in [2.75, 3.05) is 31.6 Å². The van der Waals surface area contributed by atoms with Crippen LogP contribution < -0.4 is 16.6 Å². The van der Waals surface area contributed by atoms with E-state index in [1.54, 1.807) is 0 Å². The minimum absolute atomic E-state index is 0.134. The molecule has 2 aliphatic heterocycles. The first-order valence-corrected chi connectivity index (χ1v) is 13.6. The zero-order valence-electron chi connectivity index (χ0n) is 22.9.